The molecule has 0 aromatic carbocycles. The Morgan fingerprint density at radius 3 is 1.17 bits per heavy atom. The fraction of sp³-hybridized carbons (Fsp3) is 0. The van der Waals surface area contributed by atoms with Crippen molar-refractivity contribution in [2.75, 3.05) is 0 Å². The fourth-order valence-corrected chi connectivity index (χ4v) is 0. The molecule has 6 heavy (non-hydrogen) atoms. The summed E-state index contributed by atoms with van der Waals surface area (Å²) >= 11 is 0. The van der Waals surface area contributed by atoms with E-state index in [4.69, 9.17) is 10.5 Å². The summed E-state index contributed by atoms with van der Waals surface area (Å²) in [6.45, 7) is 0. The zero-order valence-corrected chi connectivity index (χ0v) is 5.33. The van der Waals surface area contributed by atoms with Crippen molar-refractivity contribution in [1.82, 2.24) is 0 Å². The molecule has 0 unspecified atom stereocenters. The van der Waals surface area contributed by atoms with Crippen LogP contribution < -0.4 is 0 Å². The quantitative estimate of drug-likeness (QED) is 0.468. The van der Waals surface area contributed by atoms with Gasteiger partial charge in [-0.05, 0) is 0 Å². The van der Waals surface area contributed by atoms with Crippen molar-refractivity contribution in [2.24, 2.45) is 0 Å². The van der Waals surface area contributed by atoms with E-state index in [0.717, 1.165) is 0 Å². The molecule has 0 aliphatic rings. The van der Waals surface area contributed by atoms with Crippen LogP contribution in [0.3, 0.4) is 0 Å². The van der Waals surface area contributed by atoms with Gasteiger partial charge in [0, 0.05) is 38.5 Å². The first kappa shape index (κ1) is 16.4. The number of hydrogen-bond acceptors (Lipinski definition) is 2. The third kappa shape index (κ3) is 29.8. The molecule has 4 heteroatoms. The van der Waals surface area contributed by atoms with Crippen molar-refractivity contribution < 1.29 is 38.5 Å². The molecule has 0 aromatic heterocycles. The zero-order valence-electron chi connectivity index (χ0n) is 2.73. The van der Waals surface area contributed by atoms with Crippen molar-refractivity contribution in [3.8, 4) is 12.1 Å². The Balaban J connectivity index is -0.0000000450. The number of hydrogen-bond donors (Lipinski definition) is 0. The molecular formula is C2CoN2Ti. The fourth-order valence-electron chi connectivity index (χ4n) is 0. The van der Waals surface area contributed by atoms with E-state index in [9.17, 15) is 0 Å². The van der Waals surface area contributed by atoms with Gasteiger partial charge in [-0.25, -0.2) is 0 Å². The number of rotatable bonds is 0. The molecular weight excluding hydrogens is 159 g/mol. The first-order chi connectivity index (χ1) is 1.91. The summed E-state index contributed by atoms with van der Waals surface area (Å²) in [7, 11) is 0. The van der Waals surface area contributed by atoms with Crippen LogP contribution >= 0.6 is 0 Å². The molecule has 0 rings (SSSR count). The van der Waals surface area contributed by atoms with Gasteiger partial charge in [-0.15, -0.1) is 0 Å². The molecule has 0 aliphatic carbocycles. The van der Waals surface area contributed by atoms with Crippen LogP contribution in [-0.4, -0.2) is 0 Å². The predicted molar refractivity (Wildman–Crippen MR) is 11.2 cm³/mol. The summed E-state index contributed by atoms with van der Waals surface area (Å²) in [5.41, 5.74) is 0. The molecule has 0 aliphatic heterocycles. The van der Waals surface area contributed by atoms with E-state index in [2.05, 4.69) is 0 Å². The van der Waals surface area contributed by atoms with Crippen molar-refractivity contribution >= 4 is 0 Å². The SMILES string of the molecule is N#CC#N.[Co].[Ti]. The molecule has 1 radical (unpaired) electrons. The summed E-state index contributed by atoms with van der Waals surface area (Å²) in [6.07, 6.45) is 0. The van der Waals surface area contributed by atoms with Gasteiger partial charge in [-0.2, -0.15) is 10.5 Å². The average molecular weight is 159 g/mol. The van der Waals surface area contributed by atoms with Gasteiger partial charge in [0.1, 0.15) is 0 Å². The Labute approximate surface area is 61.2 Å². The van der Waals surface area contributed by atoms with E-state index in [1.165, 1.54) is 12.1 Å². The largest absolute Gasteiger partial charge is 0.181 e. The molecule has 0 bridgehead atoms. The number of nitriles is 2. The van der Waals surface area contributed by atoms with Gasteiger partial charge in [0.15, 0.2) is 12.1 Å². The Kier molecular flexibility index (Phi) is 51.7. The maximum Gasteiger partial charge on any atom is 0.181 e. The van der Waals surface area contributed by atoms with Crippen LogP contribution in [0.1, 0.15) is 0 Å². The second-order valence-electron chi connectivity index (χ2n) is 0.224. The van der Waals surface area contributed by atoms with Crippen LogP contribution in [0.5, 0.6) is 0 Å². The average Bonchev–Trinajstić information content (AvgIpc) is 1.37. The van der Waals surface area contributed by atoms with Crippen LogP contribution in [0.4, 0.5) is 0 Å². The zero-order chi connectivity index (χ0) is 3.41. The summed E-state index contributed by atoms with van der Waals surface area (Å²) in [5.74, 6) is 0. The Morgan fingerprint density at radius 1 is 1.00 bits per heavy atom. The molecule has 0 amide bonds. The van der Waals surface area contributed by atoms with E-state index in [1.807, 2.05) is 0 Å². The van der Waals surface area contributed by atoms with E-state index < -0.39 is 0 Å². The van der Waals surface area contributed by atoms with Crippen LogP contribution in [-0.2, 0) is 38.5 Å². The minimum atomic E-state index is 0. The third-order valence-corrected chi connectivity index (χ3v) is 0.0500. The van der Waals surface area contributed by atoms with Crippen LogP contribution in [0.2, 0.25) is 0 Å². The molecule has 0 N–H and O–H groups in total. The Morgan fingerprint density at radius 2 is 1.17 bits per heavy atom. The summed E-state index contributed by atoms with van der Waals surface area (Å²) in [4.78, 5) is 0. The molecule has 31 valence electrons. The normalized spacial score (nSPS) is 1.67. The van der Waals surface area contributed by atoms with Crippen molar-refractivity contribution in [1.29, 1.82) is 10.5 Å². The molecule has 0 atom stereocenters. The standard InChI is InChI=1S/C2N2.Co.Ti/c3-1-2-4;;. The smallest absolute Gasteiger partial charge is 0.181 e. The minimum Gasteiger partial charge on any atom is -0.181 e. The molecule has 2 nitrogen and oxygen atoms in total. The van der Waals surface area contributed by atoms with E-state index >= 15 is 0 Å². The first-order valence-corrected chi connectivity index (χ1v) is 0.697. The number of nitrogens with zero attached hydrogens (tertiary/aromatic N) is 2. The first-order valence-electron chi connectivity index (χ1n) is 0.697. The Hall–Kier alpha value is 0.201. The second-order valence-corrected chi connectivity index (χ2v) is 0.224. The molecule has 0 heterocycles. The van der Waals surface area contributed by atoms with Gasteiger partial charge in [-0.3, -0.25) is 0 Å². The third-order valence-electron chi connectivity index (χ3n) is 0.0500. The maximum atomic E-state index is 7.26. The monoisotopic (exact) mass is 159 g/mol. The van der Waals surface area contributed by atoms with Gasteiger partial charge in [0.25, 0.3) is 0 Å². The summed E-state index contributed by atoms with van der Waals surface area (Å²) in [6, 6.07) is 2.47. The Bertz CT molecular complexity index is 66.5. The maximum absolute atomic E-state index is 7.26. The van der Waals surface area contributed by atoms with Crippen molar-refractivity contribution in [3.05, 3.63) is 0 Å². The molecule has 0 saturated carbocycles. The van der Waals surface area contributed by atoms with E-state index in [1.54, 1.807) is 0 Å². The summed E-state index contributed by atoms with van der Waals surface area (Å²) < 4.78 is 0. The minimum absolute atomic E-state index is 0. The van der Waals surface area contributed by atoms with Crippen molar-refractivity contribution in [2.45, 2.75) is 0 Å². The predicted octanol–water partition coefficient (Wildman–Crippen LogP) is 0.0286. The van der Waals surface area contributed by atoms with Gasteiger partial charge in [-0.1, -0.05) is 0 Å². The molecule has 0 aromatic rings. The van der Waals surface area contributed by atoms with Crippen molar-refractivity contribution in [3.63, 3.8) is 0 Å². The molecule has 0 fully saturated rings. The second kappa shape index (κ2) is 18.9. The van der Waals surface area contributed by atoms with Gasteiger partial charge in [0.2, 0.25) is 0 Å². The van der Waals surface area contributed by atoms with E-state index in [-0.39, 0.29) is 38.5 Å². The van der Waals surface area contributed by atoms with E-state index in [0.29, 0.717) is 0 Å². The van der Waals surface area contributed by atoms with Crippen LogP contribution in [0.15, 0.2) is 0 Å². The molecule has 0 saturated heterocycles. The van der Waals surface area contributed by atoms with Crippen LogP contribution in [0.25, 0.3) is 0 Å². The molecule has 0 spiro atoms. The summed E-state index contributed by atoms with van der Waals surface area (Å²) in [5, 5.41) is 14.5. The topological polar surface area (TPSA) is 47.6 Å². The van der Waals surface area contributed by atoms with Gasteiger partial charge < -0.3 is 0 Å². The van der Waals surface area contributed by atoms with Gasteiger partial charge >= 0.3 is 0 Å². The van der Waals surface area contributed by atoms with Gasteiger partial charge in [0.05, 0.1) is 0 Å². The van der Waals surface area contributed by atoms with Crippen LogP contribution in [0, 0.1) is 22.7 Å².